The molecule has 22 valence electrons. The fourth-order valence-corrected chi connectivity index (χ4v) is 0. The Bertz CT molecular complexity index is 8.00. The Hall–Kier alpha value is 2.65. The molecule has 0 aromatic heterocycles. The molecule has 0 saturated carbocycles. The van der Waals surface area contributed by atoms with E-state index in [0.717, 1.165) is 0 Å². The number of hydrogen-bond donors (Lipinski definition) is 0. The Morgan fingerprint density at radius 3 is 1.00 bits per heavy atom. The first kappa shape index (κ1) is 30.2. The Labute approximate surface area is 76.5 Å². The molecule has 4 heteroatoms. The topological polar surface area (TPSA) is 0 Å². The van der Waals surface area contributed by atoms with E-state index < -0.39 is 0 Å². The van der Waals surface area contributed by atoms with Crippen LogP contribution in [0, 0.1) is 0 Å². The van der Waals surface area contributed by atoms with Gasteiger partial charge in [0.15, 0.2) is 0 Å². The summed E-state index contributed by atoms with van der Waals surface area (Å²) in [6, 6.07) is 0. The van der Waals surface area contributed by atoms with Crippen LogP contribution in [0.1, 0.15) is 0 Å². The van der Waals surface area contributed by atoms with E-state index in [1.165, 1.54) is 0 Å². The molecular weight excluding hydrogens is 295 g/mol. The molecule has 0 radical (unpaired) electrons. The molecule has 4 heavy (non-hydrogen) atoms. The van der Waals surface area contributed by atoms with Crippen LogP contribution in [0.2, 0.25) is 0 Å². The average molecular weight is 301 g/mol. The summed E-state index contributed by atoms with van der Waals surface area (Å²) < 4.78 is 0. The zero-order valence-corrected chi connectivity index (χ0v) is 6.95. The Morgan fingerprint density at radius 1 is 1.00 bits per heavy atom. The molecule has 0 nitrogen and oxygen atoms in total. The molecule has 0 unspecified atom stereocenters. The molecule has 0 rings (SSSR count). The van der Waals surface area contributed by atoms with Crippen molar-refractivity contribution in [2.45, 2.75) is 0 Å². The van der Waals surface area contributed by atoms with Gasteiger partial charge in [0.05, 0.1) is 0 Å². The molecule has 0 aliphatic carbocycles. The second-order valence-corrected chi connectivity index (χ2v) is 0. The summed E-state index contributed by atoms with van der Waals surface area (Å²) in [4.78, 5) is 0. The summed E-state index contributed by atoms with van der Waals surface area (Å²) in [6.45, 7) is 0. The molecule has 0 aliphatic rings. The monoisotopic (exact) mass is 300 g/mol. The van der Waals surface area contributed by atoms with E-state index in [4.69, 9.17) is 0 Å². The summed E-state index contributed by atoms with van der Waals surface area (Å²) in [7, 11) is 0. The van der Waals surface area contributed by atoms with Crippen LogP contribution in [0.25, 0.3) is 0 Å². The van der Waals surface area contributed by atoms with Crippen molar-refractivity contribution in [2.75, 3.05) is 0 Å². The van der Waals surface area contributed by atoms with Gasteiger partial charge in [0.25, 0.3) is 0 Å². The summed E-state index contributed by atoms with van der Waals surface area (Å²) in [5, 5.41) is 0. The van der Waals surface area contributed by atoms with Crippen LogP contribution in [-0.2, 0) is 0 Å². The van der Waals surface area contributed by atoms with Crippen LogP contribution in [-0.4, -0.2) is 67.6 Å². The Balaban J connectivity index is 0. The van der Waals surface area contributed by atoms with Crippen molar-refractivity contribution in [3.8, 4) is 0 Å². The zero-order chi connectivity index (χ0) is 0. The molecule has 0 saturated heterocycles. The van der Waals surface area contributed by atoms with Gasteiger partial charge in [0.1, 0.15) is 0 Å². The first-order chi connectivity index (χ1) is 0. The van der Waals surface area contributed by atoms with Crippen molar-refractivity contribution < 1.29 is 0 Å². The molecular formula is H6AlInPSb. The van der Waals surface area contributed by atoms with E-state index in [1.54, 1.807) is 0 Å². The standard InChI is InChI=1S/Al.In.P.Sb.6H/q2*+3;2*-3;;;;;;. The molecule has 0 N–H and O–H groups in total. The van der Waals surface area contributed by atoms with Gasteiger partial charge >= 0.3 is 67.6 Å². The Kier molecular flexibility index (Phi) is 131. The number of rotatable bonds is 0. The molecule has 0 heterocycles. The van der Waals surface area contributed by atoms with Gasteiger partial charge in [-0.15, -0.1) is 0 Å². The normalized spacial score (nSPS) is 0. The fraction of sp³-hybridized carbons (Fsp3) is 0. The van der Waals surface area contributed by atoms with Gasteiger partial charge in [-0.2, -0.15) is 0 Å². The number of hydrogen-bond acceptors (Lipinski definition) is 0. The molecule has 0 bridgehead atoms. The van der Waals surface area contributed by atoms with E-state index in [0.29, 0.717) is 0 Å². The predicted octanol–water partition coefficient (Wildman–Crippen LogP) is -1.89. The first-order valence-electron chi connectivity index (χ1n) is 0. The van der Waals surface area contributed by atoms with E-state index in [-0.39, 0.29) is 77.5 Å². The van der Waals surface area contributed by atoms with E-state index in [9.17, 15) is 0 Å². The van der Waals surface area contributed by atoms with Gasteiger partial charge in [-0.1, -0.05) is 0 Å². The van der Waals surface area contributed by atoms with Crippen LogP contribution >= 0.6 is 9.90 Å². The van der Waals surface area contributed by atoms with Crippen molar-refractivity contribution in [2.24, 2.45) is 0 Å². The van der Waals surface area contributed by atoms with E-state index in [1.807, 2.05) is 0 Å². The van der Waals surface area contributed by atoms with Crippen molar-refractivity contribution in [3.63, 3.8) is 0 Å². The van der Waals surface area contributed by atoms with Crippen molar-refractivity contribution in [1.82, 2.24) is 0 Å². The second kappa shape index (κ2) is 17.4. The molecule has 0 aromatic carbocycles. The molecule has 0 aromatic rings. The fourth-order valence-electron chi connectivity index (χ4n) is 0. The molecule has 0 aliphatic heterocycles. The van der Waals surface area contributed by atoms with E-state index in [2.05, 4.69) is 0 Å². The third-order valence-corrected chi connectivity index (χ3v) is 0. The van der Waals surface area contributed by atoms with Crippen LogP contribution in [0.5, 0.6) is 0 Å². The Morgan fingerprint density at radius 2 is 1.00 bits per heavy atom. The van der Waals surface area contributed by atoms with Gasteiger partial charge in [0.2, 0.25) is 0 Å². The van der Waals surface area contributed by atoms with Crippen LogP contribution in [0.4, 0.5) is 0 Å². The molecule has 0 spiro atoms. The van der Waals surface area contributed by atoms with Gasteiger partial charge in [-0.25, -0.2) is 0 Å². The van der Waals surface area contributed by atoms with Crippen LogP contribution in [0.3, 0.4) is 0 Å². The van der Waals surface area contributed by atoms with E-state index >= 15 is 0 Å². The summed E-state index contributed by atoms with van der Waals surface area (Å²) in [6.07, 6.45) is 0. The van der Waals surface area contributed by atoms with Crippen molar-refractivity contribution in [1.29, 1.82) is 0 Å². The van der Waals surface area contributed by atoms with Crippen molar-refractivity contribution in [3.05, 3.63) is 0 Å². The third kappa shape index (κ3) is 8.82. The third-order valence-electron chi connectivity index (χ3n) is 0. The zero-order valence-electron chi connectivity index (χ0n) is 1.60. The van der Waals surface area contributed by atoms with Crippen molar-refractivity contribution >= 4 is 77.5 Å². The second-order valence-electron chi connectivity index (χ2n) is 0. The SMILES string of the molecule is [Al+3].[In+3].[P-3].[SbH6-3]. The molecule has 0 atom stereocenters. The minimum absolute atomic E-state index is 0. The quantitative estimate of drug-likeness (QED) is 0.363. The summed E-state index contributed by atoms with van der Waals surface area (Å²) in [5.41, 5.74) is 0. The first-order valence-corrected chi connectivity index (χ1v) is 0. The summed E-state index contributed by atoms with van der Waals surface area (Å²) in [5.74, 6) is 0. The van der Waals surface area contributed by atoms with Gasteiger partial charge < -0.3 is 9.90 Å². The van der Waals surface area contributed by atoms with Gasteiger partial charge in [0, 0.05) is 0 Å². The molecule has 0 fully saturated rings. The minimum atomic E-state index is 0. The summed E-state index contributed by atoms with van der Waals surface area (Å²) >= 11 is 0. The van der Waals surface area contributed by atoms with Crippen LogP contribution < -0.4 is 0 Å². The van der Waals surface area contributed by atoms with Crippen LogP contribution in [0.15, 0.2) is 0 Å². The maximum atomic E-state index is 0. The van der Waals surface area contributed by atoms with Gasteiger partial charge in [-0.3, -0.25) is 0 Å². The average Bonchev–Trinajstić information content (AvgIpc) is 0. The van der Waals surface area contributed by atoms with Gasteiger partial charge in [-0.05, 0) is 0 Å². The predicted molar refractivity (Wildman–Crippen MR) is 32.6 cm³/mol. The molecule has 0 amide bonds. The maximum absolute atomic E-state index is 0.